The topological polar surface area (TPSA) is 180 Å². The van der Waals surface area contributed by atoms with Crippen LogP contribution in [0, 0.1) is 17.7 Å². The van der Waals surface area contributed by atoms with Gasteiger partial charge in [-0.15, -0.1) is 10.2 Å². The van der Waals surface area contributed by atoms with E-state index in [0.717, 1.165) is 49.8 Å². The summed E-state index contributed by atoms with van der Waals surface area (Å²) >= 11 is 0. The van der Waals surface area contributed by atoms with Crippen LogP contribution in [0.5, 0.6) is 0 Å². The number of rotatable bonds is 11. The van der Waals surface area contributed by atoms with Crippen molar-refractivity contribution in [2.45, 2.75) is 50.6 Å². The van der Waals surface area contributed by atoms with Crippen LogP contribution in [0.1, 0.15) is 48.0 Å². The van der Waals surface area contributed by atoms with Gasteiger partial charge in [-0.05, 0) is 97.8 Å². The van der Waals surface area contributed by atoms with Crippen LogP contribution in [-0.2, 0) is 16.0 Å². The molecule has 2 fully saturated rings. The van der Waals surface area contributed by atoms with Gasteiger partial charge in [0.25, 0.3) is 5.91 Å². The number of aromatic nitrogens is 4. The van der Waals surface area contributed by atoms with Gasteiger partial charge in [0.15, 0.2) is 0 Å². The molecule has 0 spiro atoms. The Hall–Kier alpha value is -5.01. The standard InChI is InChI=1S/C35H40FN9O3/c36-31-28(2-1-3-29(31)34(47)40-27-16-17-38-20-27)23-8-4-21(5-9-23)18-30(41-33(46)25-10-6-22(19-37)7-11-25)35(48)39-26-14-12-24(13-15-26)32-42-44-45-43-32/h1-5,8-9,12-15,22,25,27,30,38H,6-7,10-11,16-20,37H2,(H,39,48)(H,40,47)(H,41,46)(H,42,43,44,45)/t22?,25?,27-,30+/m1/s1. The van der Waals surface area contributed by atoms with E-state index in [0.29, 0.717) is 41.6 Å². The molecule has 0 unspecified atom stereocenters. The maximum Gasteiger partial charge on any atom is 0.254 e. The maximum atomic E-state index is 15.6. The molecule has 6 rings (SSSR count). The van der Waals surface area contributed by atoms with E-state index in [-0.39, 0.29) is 35.8 Å². The number of H-pyrrole nitrogens is 1. The third kappa shape index (κ3) is 7.92. The average Bonchev–Trinajstić information content (AvgIpc) is 3.84. The first-order valence-electron chi connectivity index (χ1n) is 16.4. The van der Waals surface area contributed by atoms with Gasteiger partial charge in [-0.3, -0.25) is 14.4 Å². The normalized spacial score (nSPS) is 19.8. The molecule has 12 nitrogen and oxygen atoms in total. The lowest BCUT2D eigenvalue weighted by atomic mass is 9.81. The fourth-order valence-electron chi connectivity index (χ4n) is 6.40. The van der Waals surface area contributed by atoms with Crippen molar-refractivity contribution in [2.75, 3.05) is 25.0 Å². The molecule has 2 atom stereocenters. The van der Waals surface area contributed by atoms with Crippen molar-refractivity contribution in [3.8, 4) is 22.5 Å². The lowest BCUT2D eigenvalue weighted by Gasteiger charge is -2.28. The van der Waals surface area contributed by atoms with Gasteiger partial charge in [-0.2, -0.15) is 5.21 Å². The number of hydrogen-bond acceptors (Lipinski definition) is 8. The number of carbonyl (C=O) groups is 3. The number of tetrazole rings is 1. The molecule has 250 valence electrons. The quantitative estimate of drug-likeness (QED) is 0.143. The van der Waals surface area contributed by atoms with E-state index in [1.165, 1.54) is 6.07 Å². The molecule has 2 heterocycles. The van der Waals surface area contributed by atoms with Crippen LogP contribution in [-0.4, -0.2) is 70.1 Å². The van der Waals surface area contributed by atoms with Gasteiger partial charge in [-0.1, -0.05) is 36.4 Å². The summed E-state index contributed by atoms with van der Waals surface area (Å²) in [6.45, 7) is 2.09. The molecule has 1 aliphatic heterocycles. The highest BCUT2D eigenvalue weighted by Gasteiger charge is 2.29. The number of halogens is 1. The minimum atomic E-state index is -0.860. The Kier molecular flexibility index (Phi) is 10.5. The monoisotopic (exact) mass is 653 g/mol. The summed E-state index contributed by atoms with van der Waals surface area (Å²) in [5, 5.41) is 25.9. The second-order valence-corrected chi connectivity index (χ2v) is 12.5. The van der Waals surface area contributed by atoms with Crippen LogP contribution in [0.25, 0.3) is 22.5 Å². The van der Waals surface area contributed by atoms with Crippen molar-refractivity contribution in [1.82, 2.24) is 36.6 Å². The van der Waals surface area contributed by atoms with Crippen molar-refractivity contribution in [1.29, 1.82) is 0 Å². The van der Waals surface area contributed by atoms with Gasteiger partial charge in [0.05, 0.1) is 5.56 Å². The largest absolute Gasteiger partial charge is 0.348 e. The first kappa shape index (κ1) is 32.9. The molecule has 7 N–H and O–H groups in total. The Balaban J connectivity index is 1.16. The minimum absolute atomic E-state index is 0.00579. The lowest BCUT2D eigenvalue weighted by Crippen LogP contribution is -2.48. The summed E-state index contributed by atoms with van der Waals surface area (Å²) in [4.78, 5) is 39.8. The summed E-state index contributed by atoms with van der Waals surface area (Å²) in [5.74, 6) is -0.873. The number of nitrogens with two attached hydrogens (primary N) is 1. The number of nitrogens with one attached hydrogen (secondary N) is 5. The number of aromatic amines is 1. The Labute approximate surface area is 277 Å². The Bertz CT molecular complexity index is 1700. The van der Waals surface area contributed by atoms with Crippen LogP contribution in [0.4, 0.5) is 10.1 Å². The highest BCUT2D eigenvalue weighted by Crippen LogP contribution is 2.29. The zero-order valence-corrected chi connectivity index (χ0v) is 26.5. The summed E-state index contributed by atoms with van der Waals surface area (Å²) in [5.41, 5.74) is 8.79. The number of hydrogen-bond donors (Lipinski definition) is 6. The molecule has 1 aromatic heterocycles. The molecule has 13 heteroatoms. The molecular weight excluding hydrogens is 613 g/mol. The summed E-state index contributed by atoms with van der Waals surface area (Å²) in [6.07, 6.45) is 4.26. The Morgan fingerprint density at radius 2 is 1.69 bits per heavy atom. The number of nitrogens with zero attached hydrogens (tertiary/aromatic N) is 3. The fraction of sp³-hybridized carbons (Fsp3) is 0.371. The third-order valence-corrected chi connectivity index (χ3v) is 9.28. The molecule has 0 bridgehead atoms. The van der Waals surface area contributed by atoms with Crippen LogP contribution in [0.15, 0.2) is 66.7 Å². The van der Waals surface area contributed by atoms with E-state index in [4.69, 9.17) is 5.73 Å². The predicted molar refractivity (Wildman–Crippen MR) is 179 cm³/mol. The lowest BCUT2D eigenvalue weighted by molar-refractivity contribution is -0.130. The number of anilines is 1. The summed E-state index contributed by atoms with van der Waals surface area (Å²) in [7, 11) is 0. The van der Waals surface area contributed by atoms with Gasteiger partial charge in [0.2, 0.25) is 17.6 Å². The average molecular weight is 654 g/mol. The molecule has 1 aliphatic carbocycles. The SMILES string of the molecule is NCC1CCC(C(=O)N[C@@H](Cc2ccc(-c3cccc(C(=O)N[C@@H]4CCNC4)c3F)cc2)C(=O)Nc2ccc(-c3nn[nH]n3)cc2)CC1. The molecule has 1 saturated carbocycles. The highest BCUT2D eigenvalue weighted by atomic mass is 19.1. The van der Waals surface area contributed by atoms with E-state index in [2.05, 4.69) is 41.9 Å². The summed E-state index contributed by atoms with van der Waals surface area (Å²) in [6, 6.07) is 18.1. The van der Waals surface area contributed by atoms with Crippen LogP contribution in [0.3, 0.4) is 0 Å². The zero-order valence-electron chi connectivity index (χ0n) is 26.5. The van der Waals surface area contributed by atoms with Crippen molar-refractivity contribution in [3.05, 3.63) is 83.7 Å². The van der Waals surface area contributed by atoms with E-state index < -0.39 is 17.8 Å². The Morgan fingerprint density at radius 1 is 0.938 bits per heavy atom. The van der Waals surface area contributed by atoms with E-state index in [1.807, 2.05) is 12.1 Å². The number of carbonyl (C=O) groups excluding carboxylic acids is 3. The third-order valence-electron chi connectivity index (χ3n) is 9.28. The predicted octanol–water partition coefficient (Wildman–Crippen LogP) is 3.20. The molecule has 1 saturated heterocycles. The van der Waals surface area contributed by atoms with Crippen molar-refractivity contribution < 1.29 is 18.8 Å². The van der Waals surface area contributed by atoms with Crippen molar-refractivity contribution in [2.24, 2.45) is 17.6 Å². The first-order valence-corrected chi connectivity index (χ1v) is 16.4. The van der Waals surface area contributed by atoms with Crippen LogP contribution < -0.4 is 27.0 Å². The fourth-order valence-corrected chi connectivity index (χ4v) is 6.40. The second kappa shape index (κ2) is 15.3. The van der Waals surface area contributed by atoms with Gasteiger partial charge in [0.1, 0.15) is 11.9 Å². The van der Waals surface area contributed by atoms with Gasteiger partial charge in [-0.25, -0.2) is 4.39 Å². The molecule has 2 aliphatic rings. The molecule has 0 radical (unpaired) electrons. The van der Waals surface area contributed by atoms with Gasteiger partial charge < -0.3 is 27.0 Å². The maximum absolute atomic E-state index is 15.6. The molecular formula is C35H40FN9O3. The van der Waals surface area contributed by atoms with Gasteiger partial charge >= 0.3 is 0 Å². The zero-order chi connectivity index (χ0) is 33.5. The van der Waals surface area contributed by atoms with Gasteiger partial charge in [0, 0.05) is 41.7 Å². The molecule has 3 amide bonds. The molecule has 3 aromatic carbocycles. The summed E-state index contributed by atoms with van der Waals surface area (Å²) < 4.78 is 15.6. The smallest absolute Gasteiger partial charge is 0.254 e. The van der Waals surface area contributed by atoms with Crippen LogP contribution in [0.2, 0.25) is 0 Å². The Morgan fingerprint density at radius 3 is 2.35 bits per heavy atom. The first-order chi connectivity index (χ1) is 23.4. The van der Waals surface area contributed by atoms with Crippen molar-refractivity contribution >= 4 is 23.4 Å². The number of amides is 3. The van der Waals surface area contributed by atoms with E-state index in [9.17, 15) is 14.4 Å². The minimum Gasteiger partial charge on any atom is -0.348 e. The molecule has 48 heavy (non-hydrogen) atoms. The van der Waals surface area contributed by atoms with Crippen LogP contribution >= 0.6 is 0 Å². The molecule has 4 aromatic rings. The van der Waals surface area contributed by atoms with E-state index in [1.54, 1.807) is 48.5 Å². The van der Waals surface area contributed by atoms with E-state index >= 15 is 4.39 Å². The highest BCUT2D eigenvalue weighted by molar-refractivity contribution is 5.98. The number of benzene rings is 3. The second-order valence-electron chi connectivity index (χ2n) is 12.5. The van der Waals surface area contributed by atoms with Crippen molar-refractivity contribution in [3.63, 3.8) is 0 Å².